The number of halogens is 2. The average Bonchev–Trinajstić information content (AvgIpc) is 2.84. The number of nitrogens with zero attached hydrogens (tertiary/aromatic N) is 1. The molecule has 9 heteroatoms. The van der Waals surface area contributed by atoms with E-state index in [1.807, 2.05) is 0 Å². The number of dihydropyridines is 1. The molecule has 1 heterocycles. The van der Waals surface area contributed by atoms with Gasteiger partial charge < -0.3 is 15.4 Å². The highest BCUT2D eigenvalue weighted by molar-refractivity contribution is 8.03. The second kappa shape index (κ2) is 10.6. The number of Topliss-reactive ketones (excluding diaryl/α,β-unsaturated/α-hetero) is 1. The summed E-state index contributed by atoms with van der Waals surface area (Å²) in [4.78, 5) is 25.5. The number of carbonyl (C=O) groups is 2. The van der Waals surface area contributed by atoms with Crippen LogP contribution in [0.2, 0.25) is 10.0 Å². The Morgan fingerprint density at radius 3 is 2.82 bits per heavy atom. The summed E-state index contributed by atoms with van der Waals surface area (Å²) in [6, 6.07) is 14.5. The zero-order valence-electron chi connectivity index (χ0n) is 18.3. The second-order valence-electron chi connectivity index (χ2n) is 7.79. The maximum absolute atomic E-state index is 12.9. The van der Waals surface area contributed by atoms with Crippen molar-refractivity contribution < 1.29 is 14.3 Å². The lowest BCUT2D eigenvalue weighted by Gasteiger charge is -2.33. The molecule has 1 aliphatic carbocycles. The molecule has 2 aromatic rings. The number of ketones is 1. The van der Waals surface area contributed by atoms with Crippen molar-refractivity contribution in [3.8, 4) is 11.8 Å². The molecule has 0 bridgehead atoms. The number of rotatable bonds is 6. The normalized spacial score (nSPS) is 17.6. The summed E-state index contributed by atoms with van der Waals surface area (Å²) in [5.74, 6) is -0.179. The topological polar surface area (TPSA) is 91.2 Å². The number of thioether (sulfide) groups is 1. The van der Waals surface area contributed by atoms with Gasteiger partial charge in [0.15, 0.2) is 5.78 Å². The lowest BCUT2D eigenvalue weighted by atomic mass is 9.77. The van der Waals surface area contributed by atoms with Gasteiger partial charge in [-0.2, -0.15) is 5.26 Å². The first-order valence-electron chi connectivity index (χ1n) is 10.6. The molecule has 0 saturated heterocycles. The predicted octanol–water partition coefficient (Wildman–Crippen LogP) is 5.80. The van der Waals surface area contributed by atoms with Crippen LogP contribution in [0.5, 0.6) is 5.75 Å². The zero-order valence-corrected chi connectivity index (χ0v) is 20.6. The molecule has 0 radical (unpaired) electrons. The molecule has 0 fully saturated rings. The lowest BCUT2D eigenvalue weighted by molar-refractivity contribution is -0.116. The predicted molar refractivity (Wildman–Crippen MR) is 135 cm³/mol. The Kier molecular flexibility index (Phi) is 7.52. The van der Waals surface area contributed by atoms with Crippen molar-refractivity contribution in [2.75, 3.05) is 18.2 Å². The van der Waals surface area contributed by atoms with Gasteiger partial charge in [-0.15, -0.1) is 0 Å². The standard InChI is InChI=1S/C25H21Cl2N3O3S/c1-33-15-6-2-5-14(11-15)29-21(32)13-34-25-17(12-28)22(16-7-3-8-18(26)24(16)27)23-19(30-25)9-4-10-20(23)31/h2-3,5-8,11,22,30H,4,9-10,13H2,1H3,(H,29,32). The van der Waals surface area contributed by atoms with Crippen molar-refractivity contribution in [3.05, 3.63) is 79.9 Å². The van der Waals surface area contributed by atoms with E-state index in [0.29, 0.717) is 56.1 Å². The van der Waals surface area contributed by atoms with Crippen LogP contribution in [0.3, 0.4) is 0 Å². The molecule has 2 N–H and O–H groups in total. The fraction of sp³-hybridized carbons (Fsp3) is 0.240. The largest absolute Gasteiger partial charge is 0.497 e. The van der Waals surface area contributed by atoms with Gasteiger partial charge in [-0.3, -0.25) is 9.59 Å². The van der Waals surface area contributed by atoms with E-state index in [9.17, 15) is 14.9 Å². The van der Waals surface area contributed by atoms with Crippen LogP contribution in [0.4, 0.5) is 5.69 Å². The number of amides is 1. The Morgan fingerprint density at radius 1 is 1.26 bits per heavy atom. The van der Waals surface area contributed by atoms with Crippen LogP contribution in [-0.4, -0.2) is 24.6 Å². The molecule has 0 spiro atoms. The smallest absolute Gasteiger partial charge is 0.234 e. The van der Waals surface area contributed by atoms with E-state index in [1.54, 1.807) is 49.6 Å². The van der Waals surface area contributed by atoms with Crippen LogP contribution in [0.1, 0.15) is 30.7 Å². The first-order valence-corrected chi connectivity index (χ1v) is 12.3. The molecular formula is C25H21Cl2N3O3S. The molecule has 2 aromatic carbocycles. The van der Waals surface area contributed by atoms with Crippen molar-refractivity contribution in [2.45, 2.75) is 25.2 Å². The van der Waals surface area contributed by atoms with Crippen LogP contribution in [0, 0.1) is 11.3 Å². The molecule has 1 amide bonds. The summed E-state index contributed by atoms with van der Waals surface area (Å²) in [5, 5.41) is 17.4. The van der Waals surface area contributed by atoms with Gasteiger partial charge in [0.25, 0.3) is 0 Å². The maximum atomic E-state index is 12.9. The second-order valence-corrected chi connectivity index (χ2v) is 9.56. The third-order valence-corrected chi connectivity index (χ3v) is 7.51. The Labute approximate surface area is 212 Å². The van der Waals surface area contributed by atoms with Gasteiger partial charge in [-0.1, -0.05) is 53.2 Å². The van der Waals surface area contributed by atoms with Gasteiger partial charge in [-0.25, -0.2) is 0 Å². The fourth-order valence-corrected chi connectivity index (χ4v) is 5.41. The molecule has 4 rings (SSSR count). The van der Waals surface area contributed by atoms with Crippen molar-refractivity contribution in [1.82, 2.24) is 5.32 Å². The van der Waals surface area contributed by atoms with Crippen molar-refractivity contribution in [3.63, 3.8) is 0 Å². The third kappa shape index (κ3) is 4.95. The Hall–Kier alpha value is -2.92. The van der Waals surface area contributed by atoms with Gasteiger partial charge in [0, 0.05) is 29.4 Å². The number of hydrogen-bond donors (Lipinski definition) is 2. The van der Waals surface area contributed by atoms with E-state index in [4.69, 9.17) is 27.9 Å². The number of benzene rings is 2. The van der Waals surface area contributed by atoms with Crippen LogP contribution in [-0.2, 0) is 9.59 Å². The van der Waals surface area contributed by atoms with Gasteiger partial charge in [-0.05, 0) is 36.6 Å². The zero-order chi connectivity index (χ0) is 24.2. The first kappa shape index (κ1) is 24.2. The Balaban J connectivity index is 1.63. The van der Waals surface area contributed by atoms with Gasteiger partial charge >= 0.3 is 0 Å². The van der Waals surface area contributed by atoms with Gasteiger partial charge in [0.05, 0.1) is 45.5 Å². The van der Waals surface area contributed by atoms with E-state index in [0.717, 1.165) is 12.1 Å². The highest BCUT2D eigenvalue weighted by Gasteiger charge is 2.38. The number of nitrogens with one attached hydrogen (secondary N) is 2. The Morgan fingerprint density at radius 2 is 2.06 bits per heavy atom. The van der Waals surface area contributed by atoms with E-state index >= 15 is 0 Å². The summed E-state index contributed by atoms with van der Waals surface area (Å²) < 4.78 is 5.19. The number of carbonyl (C=O) groups excluding carboxylic acids is 2. The van der Waals surface area contributed by atoms with Crippen molar-refractivity contribution >= 4 is 52.3 Å². The maximum Gasteiger partial charge on any atom is 0.234 e. The highest BCUT2D eigenvalue weighted by atomic mass is 35.5. The molecule has 6 nitrogen and oxygen atoms in total. The minimum absolute atomic E-state index is 0.0117. The Bertz CT molecular complexity index is 1270. The summed E-state index contributed by atoms with van der Waals surface area (Å²) >= 11 is 14.0. The van der Waals surface area contributed by atoms with Crippen LogP contribution >= 0.6 is 35.0 Å². The highest BCUT2D eigenvalue weighted by Crippen LogP contribution is 2.46. The number of anilines is 1. The number of methoxy groups -OCH3 is 1. The molecule has 1 unspecified atom stereocenters. The van der Waals surface area contributed by atoms with E-state index < -0.39 is 5.92 Å². The monoisotopic (exact) mass is 513 g/mol. The molecule has 34 heavy (non-hydrogen) atoms. The van der Waals surface area contributed by atoms with Gasteiger partial charge in [0.1, 0.15) is 5.75 Å². The quantitative estimate of drug-likeness (QED) is 0.506. The average molecular weight is 514 g/mol. The number of hydrogen-bond acceptors (Lipinski definition) is 6. The van der Waals surface area contributed by atoms with Gasteiger partial charge in [0.2, 0.25) is 5.91 Å². The molecule has 1 atom stereocenters. The van der Waals surface area contributed by atoms with Crippen molar-refractivity contribution in [2.24, 2.45) is 0 Å². The van der Waals surface area contributed by atoms with Crippen LogP contribution in [0.25, 0.3) is 0 Å². The molecule has 0 aromatic heterocycles. The molecule has 2 aliphatic rings. The van der Waals surface area contributed by atoms with E-state index in [2.05, 4.69) is 16.7 Å². The number of ether oxygens (including phenoxy) is 1. The van der Waals surface area contributed by atoms with E-state index in [1.165, 1.54) is 11.8 Å². The molecule has 1 aliphatic heterocycles. The minimum atomic E-state index is -0.635. The van der Waals surface area contributed by atoms with E-state index in [-0.39, 0.29) is 17.4 Å². The lowest BCUT2D eigenvalue weighted by Crippen LogP contribution is -2.32. The molecular weight excluding hydrogens is 493 g/mol. The fourth-order valence-electron chi connectivity index (χ4n) is 4.13. The summed E-state index contributed by atoms with van der Waals surface area (Å²) in [5.41, 5.74) is 2.89. The SMILES string of the molecule is COc1cccc(NC(=O)CSC2=C(C#N)C(c3cccc(Cl)c3Cl)C3=C(CCCC3=O)N2)c1. The summed E-state index contributed by atoms with van der Waals surface area (Å²) in [6.07, 6.45) is 1.81. The first-order chi connectivity index (χ1) is 16.4. The van der Waals surface area contributed by atoms with Crippen LogP contribution < -0.4 is 15.4 Å². The summed E-state index contributed by atoms with van der Waals surface area (Å²) in [6.45, 7) is 0. The molecule has 0 saturated carbocycles. The third-order valence-electron chi connectivity index (χ3n) is 5.66. The summed E-state index contributed by atoms with van der Waals surface area (Å²) in [7, 11) is 1.56. The minimum Gasteiger partial charge on any atom is -0.497 e. The number of allylic oxidation sites excluding steroid dienone is 3. The molecule has 174 valence electrons. The number of nitriles is 1. The van der Waals surface area contributed by atoms with Crippen molar-refractivity contribution in [1.29, 1.82) is 5.26 Å². The van der Waals surface area contributed by atoms with Crippen LogP contribution in [0.15, 0.2) is 64.3 Å².